The molecule has 3 nitrogen and oxygen atoms in total. The number of hydrogen-bond acceptors (Lipinski definition) is 3. The third kappa shape index (κ3) is 1.68. The zero-order chi connectivity index (χ0) is 10.8. The van der Waals surface area contributed by atoms with Gasteiger partial charge in [-0.25, -0.2) is 0 Å². The van der Waals surface area contributed by atoms with Crippen LogP contribution in [0, 0.1) is 0 Å². The first-order valence-corrected chi connectivity index (χ1v) is 5.60. The van der Waals surface area contributed by atoms with Crippen molar-refractivity contribution in [3.63, 3.8) is 0 Å². The van der Waals surface area contributed by atoms with E-state index in [9.17, 15) is 0 Å². The molecular weight excluding hydrogens is 200 g/mol. The van der Waals surface area contributed by atoms with E-state index in [0.717, 1.165) is 18.8 Å². The van der Waals surface area contributed by atoms with Crippen molar-refractivity contribution in [1.29, 1.82) is 0 Å². The Morgan fingerprint density at radius 3 is 3.06 bits per heavy atom. The number of nitrogens with one attached hydrogen (secondary N) is 1. The van der Waals surface area contributed by atoms with Gasteiger partial charge in [-0.05, 0) is 11.5 Å². The van der Waals surface area contributed by atoms with Crippen LogP contribution in [-0.2, 0) is 4.74 Å². The molecule has 1 unspecified atom stereocenters. The van der Waals surface area contributed by atoms with Crippen molar-refractivity contribution in [3.8, 4) is 0 Å². The van der Waals surface area contributed by atoms with Gasteiger partial charge in [0.05, 0.1) is 24.9 Å². The fourth-order valence-corrected chi connectivity index (χ4v) is 2.16. The largest absolute Gasteiger partial charge is 0.378 e. The van der Waals surface area contributed by atoms with Crippen LogP contribution in [-0.4, -0.2) is 24.7 Å². The maximum atomic E-state index is 5.48. The highest BCUT2D eigenvalue weighted by Crippen LogP contribution is 2.23. The van der Waals surface area contributed by atoms with Crippen LogP contribution >= 0.6 is 0 Å². The molecular formula is C13H14N2O. The first-order valence-electron chi connectivity index (χ1n) is 5.60. The predicted octanol–water partition coefficient (Wildman–Crippen LogP) is 1.90. The summed E-state index contributed by atoms with van der Waals surface area (Å²) in [6, 6.07) is 10.6. The number of aromatic nitrogens is 1. The summed E-state index contributed by atoms with van der Waals surface area (Å²) < 4.78 is 5.48. The quantitative estimate of drug-likeness (QED) is 0.787. The van der Waals surface area contributed by atoms with E-state index in [4.69, 9.17) is 4.74 Å². The van der Waals surface area contributed by atoms with Crippen molar-refractivity contribution in [2.75, 3.05) is 19.8 Å². The Morgan fingerprint density at radius 1 is 1.25 bits per heavy atom. The molecule has 82 valence electrons. The molecule has 1 aromatic heterocycles. The molecule has 0 saturated carbocycles. The van der Waals surface area contributed by atoms with Crippen molar-refractivity contribution in [3.05, 3.63) is 42.2 Å². The number of fused-ring (bicyclic) bond motifs is 1. The third-order valence-electron chi connectivity index (χ3n) is 2.96. The number of ether oxygens (including phenoxy) is 1. The van der Waals surface area contributed by atoms with Gasteiger partial charge < -0.3 is 10.1 Å². The van der Waals surface area contributed by atoms with Gasteiger partial charge in [-0.15, -0.1) is 0 Å². The lowest BCUT2D eigenvalue weighted by Gasteiger charge is -2.24. The third-order valence-corrected chi connectivity index (χ3v) is 2.96. The minimum atomic E-state index is 0.222. The monoisotopic (exact) mass is 214 g/mol. The van der Waals surface area contributed by atoms with Crippen LogP contribution in [0.5, 0.6) is 0 Å². The van der Waals surface area contributed by atoms with Crippen molar-refractivity contribution in [2.45, 2.75) is 6.04 Å². The van der Waals surface area contributed by atoms with E-state index in [1.165, 1.54) is 10.8 Å². The summed E-state index contributed by atoms with van der Waals surface area (Å²) in [4.78, 5) is 4.49. The van der Waals surface area contributed by atoms with E-state index in [1.54, 1.807) is 0 Å². The number of morpholine rings is 1. The first-order chi connectivity index (χ1) is 7.95. The summed E-state index contributed by atoms with van der Waals surface area (Å²) >= 11 is 0. The molecule has 3 heteroatoms. The molecule has 0 bridgehead atoms. The SMILES string of the molecule is c1ccc2c(C3COCCN3)nccc2c1. The van der Waals surface area contributed by atoms with Crippen LogP contribution in [0.2, 0.25) is 0 Å². The van der Waals surface area contributed by atoms with Gasteiger partial charge >= 0.3 is 0 Å². The number of rotatable bonds is 1. The fraction of sp³-hybridized carbons (Fsp3) is 0.308. The van der Waals surface area contributed by atoms with E-state index < -0.39 is 0 Å². The van der Waals surface area contributed by atoms with E-state index >= 15 is 0 Å². The first kappa shape index (κ1) is 9.75. The van der Waals surface area contributed by atoms with Gasteiger partial charge in [0.15, 0.2) is 0 Å². The molecule has 1 fully saturated rings. The highest BCUT2D eigenvalue weighted by atomic mass is 16.5. The van der Waals surface area contributed by atoms with Crippen LogP contribution in [0.3, 0.4) is 0 Å². The van der Waals surface area contributed by atoms with Gasteiger partial charge in [-0.2, -0.15) is 0 Å². The molecule has 3 rings (SSSR count). The zero-order valence-electron chi connectivity index (χ0n) is 9.02. The van der Waals surface area contributed by atoms with E-state index in [-0.39, 0.29) is 6.04 Å². The average molecular weight is 214 g/mol. The normalized spacial score (nSPS) is 21.1. The topological polar surface area (TPSA) is 34.1 Å². The molecule has 1 aromatic carbocycles. The van der Waals surface area contributed by atoms with E-state index in [1.807, 2.05) is 12.3 Å². The Kier molecular flexibility index (Phi) is 2.56. The van der Waals surface area contributed by atoms with E-state index in [0.29, 0.717) is 6.61 Å². The molecule has 0 radical (unpaired) electrons. The second-order valence-corrected chi connectivity index (χ2v) is 4.00. The Morgan fingerprint density at radius 2 is 2.19 bits per heavy atom. The van der Waals surface area contributed by atoms with Gasteiger partial charge in [-0.3, -0.25) is 4.98 Å². The summed E-state index contributed by atoms with van der Waals surface area (Å²) in [7, 11) is 0. The average Bonchev–Trinajstić information content (AvgIpc) is 2.39. The standard InChI is InChI=1S/C13H14N2O/c1-2-4-11-10(3-1)5-6-15-13(11)12-9-16-8-7-14-12/h1-6,12,14H,7-9H2. The van der Waals surface area contributed by atoms with Crippen LogP contribution in [0.25, 0.3) is 10.8 Å². The molecule has 0 spiro atoms. The molecule has 0 aliphatic carbocycles. The van der Waals surface area contributed by atoms with Crippen molar-refractivity contribution in [1.82, 2.24) is 10.3 Å². The highest BCUT2D eigenvalue weighted by molar-refractivity contribution is 5.84. The van der Waals surface area contributed by atoms with Gasteiger partial charge in [0.2, 0.25) is 0 Å². The molecule has 1 atom stereocenters. The van der Waals surface area contributed by atoms with Crippen LogP contribution < -0.4 is 5.32 Å². The molecule has 2 aromatic rings. The molecule has 1 N–H and O–H groups in total. The fourth-order valence-electron chi connectivity index (χ4n) is 2.16. The summed E-state index contributed by atoms with van der Waals surface area (Å²) in [5, 5.41) is 5.89. The molecule has 0 amide bonds. The smallest absolute Gasteiger partial charge is 0.0739 e. The molecule has 1 saturated heterocycles. The van der Waals surface area contributed by atoms with Crippen molar-refractivity contribution >= 4 is 10.8 Å². The zero-order valence-corrected chi connectivity index (χ0v) is 9.02. The number of benzene rings is 1. The van der Waals surface area contributed by atoms with Gasteiger partial charge in [0.25, 0.3) is 0 Å². The second-order valence-electron chi connectivity index (χ2n) is 4.00. The minimum absolute atomic E-state index is 0.222. The van der Waals surface area contributed by atoms with Gasteiger partial charge in [0.1, 0.15) is 0 Å². The highest BCUT2D eigenvalue weighted by Gasteiger charge is 2.18. The molecule has 1 aliphatic heterocycles. The lowest BCUT2D eigenvalue weighted by atomic mass is 10.0. The molecule has 2 heterocycles. The lowest BCUT2D eigenvalue weighted by Crippen LogP contribution is -2.35. The number of pyridine rings is 1. The maximum Gasteiger partial charge on any atom is 0.0739 e. The minimum Gasteiger partial charge on any atom is -0.378 e. The summed E-state index contributed by atoms with van der Waals surface area (Å²) in [5.74, 6) is 0. The van der Waals surface area contributed by atoms with Crippen LogP contribution in [0.1, 0.15) is 11.7 Å². The molecule has 16 heavy (non-hydrogen) atoms. The second kappa shape index (κ2) is 4.20. The van der Waals surface area contributed by atoms with Crippen molar-refractivity contribution < 1.29 is 4.74 Å². The Balaban J connectivity index is 2.08. The predicted molar refractivity (Wildman–Crippen MR) is 63.3 cm³/mol. The Labute approximate surface area is 94.5 Å². The van der Waals surface area contributed by atoms with Crippen molar-refractivity contribution in [2.24, 2.45) is 0 Å². The summed E-state index contributed by atoms with van der Waals surface area (Å²) in [6.45, 7) is 2.40. The van der Waals surface area contributed by atoms with Crippen LogP contribution in [0.4, 0.5) is 0 Å². The van der Waals surface area contributed by atoms with E-state index in [2.05, 4.69) is 34.6 Å². The summed E-state index contributed by atoms with van der Waals surface area (Å²) in [5.41, 5.74) is 1.10. The van der Waals surface area contributed by atoms with Crippen LogP contribution in [0.15, 0.2) is 36.5 Å². The number of hydrogen-bond donors (Lipinski definition) is 1. The Bertz CT molecular complexity index is 487. The molecule has 1 aliphatic rings. The maximum absolute atomic E-state index is 5.48. The van der Waals surface area contributed by atoms with Gasteiger partial charge in [0, 0.05) is 18.1 Å². The number of nitrogens with zero attached hydrogens (tertiary/aromatic N) is 1. The lowest BCUT2D eigenvalue weighted by molar-refractivity contribution is 0.0761. The summed E-state index contributed by atoms with van der Waals surface area (Å²) in [6.07, 6.45) is 1.87. The Hall–Kier alpha value is -1.45. The van der Waals surface area contributed by atoms with Gasteiger partial charge in [-0.1, -0.05) is 24.3 Å².